The minimum Gasteiger partial charge on any atom is -0.750 e. The number of carbonyl (C=O) groups is 1. The lowest BCUT2D eigenvalue weighted by atomic mass is 10.1. The predicted molar refractivity (Wildman–Crippen MR) is 131 cm³/mol. The minimum absolute atomic E-state index is 0.156. The van der Waals surface area contributed by atoms with Gasteiger partial charge in [-0.3, -0.25) is 14.0 Å². The molecule has 3 aromatic rings. The Bertz CT molecular complexity index is 1150. The van der Waals surface area contributed by atoms with Crippen molar-refractivity contribution in [2.75, 3.05) is 23.5 Å². The highest BCUT2D eigenvalue weighted by atomic mass is 35.5. The Morgan fingerprint density at radius 2 is 1.94 bits per heavy atom. The summed E-state index contributed by atoms with van der Waals surface area (Å²) in [7, 11) is 0. The fourth-order valence-electron chi connectivity index (χ4n) is 3.18. The number of carbonyl (C=O) groups excluding carboxylic acids is 1. The first-order valence-electron chi connectivity index (χ1n) is 10.0. The summed E-state index contributed by atoms with van der Waals surface area (Å²) >= 11 is 10.1. The van der Waals surface area contributed by atoms with Crippen molar-refractivity contribution in [3.8, 4) is 11.3 Å². The quantitative estimate of drug-likeness (QED) is 0.302. The topological polar surface area (TPSA) is 94.6 Å². The summed E-state index contributed by atoms with van der Waals surface area (Å²) in [6.07, 6.45) is 1.67. The van der Waals surface area contributed by atoms with Crippen molar-refractivity contribution in [3.63, 3.8) is 0 Å². The van der Waals surface area contributed by atoms with Crippen molar-refractivity contribution in [2.24, 2.45) is 5.92 Å². The van der Waals surface area contributed by atoms with Crippen molar-refractivity contribution in [1.29, 1.82) is 0 Å². The van der Waals surface area contributed by atoms with Crippen LogP contribution in [-0.2, 0) is 15.5 Å². The van der Waals surface area contributed by atoms with E-state index in [9.17, 15) is 13.6 Å². The van der Waals surface area contributed by atoms with Gasteiger partial charge in [0.2, 0.25) is 0 Å². The van der Waals surface area contributed by atoms with E-state index in [0.29, 0.717) is 34.2 Å². The Kier molecular flexibility index (Phi) is 8.82. The van der Waals surface area contributed by atoms with Crippen molar-refractivity contribution >= 4 is 51.8 Å². The number of anilines is 2. The van der Waals surface area contributed by atoms with Gasteiger partial charge in [0.1, 0.15) is 6.73 Å². The van der Waals surface area contributed by atoms with Crippen LogP contribution in [0.3, 0.4) is 0 Å². The molecule has 0 radical (unpaired) electrons. The average Bonchev–Trinajstić information content (AvgIpc) is 2.78. The van der Waals surface area contributed by atoms with E-state index in [1.165, 1.54) is 0 Å². The number of nitrogens with one attached hydrogen (secondary N) is 1. The van der Waals surface area contributed by atoms with Crippen LogP contribution in [0.4, 0.5) is 11.4 Å². The van der Waals surface area contributed by atoms with Crippen LogP contribution in [0.15, 0.2) is 60.8 Å². The van der Waals surface area contributed by atoms with Crippen LogP contribution in [0.1, 0.15) is 24.2 Å². The molecular formula is C23H22Cl2N3O4S-. The summed E-state index contributed by atoms with van der Waals surface area (Å²) in [5, 5.41) is 3.57. The van der Waals surface area contributed by atoms with Crippen LogP contribution in [0.2, 0.25) is 10.0 Å². The molecule has 1 heterocycles. The molecule has 1 unspecified atom stereocenters. The van der Waals surface area contributed by atoms with Crippen molar-refractivity contribution in [3.05, 3.63) is 76.4 Å². The molecule has 1 amide bonds. The third-order valence-corrected chi connectivity index (χ3v) is 5.56. The zero-order valence-electron chi connectivity index (χ0n) is 18.0. The fraction of sp³-hybridized carbons (Fsp3) is 0.217. The summed E-state index contributed by atoms with van der Waals surface area (Å²) in [5.41, 5.74) is 2.83. The molecule has 0 fully saturated rings. The molecular weight excluding hydrogens is 485 g/mol. The number of amides is 1. The summed E-state index contributed by atoms with van der Waals surface area (Å²) < 4.78 is 26.3. The Balaban J connectivity index is 1.80. The maximum absolute atomic E-state index is 12.9. The van der Waals surface area contributed by atoms with Crippen LogP contribution >= 0.6 is 23.2 Å². The number of benzene rings is 2. The third kappa shape index (κ3) is 6.99. The smallest absolute Gasteiger partial charge is 0.257 e. The van der Waals surface area contributed by atoms with Gasteiger partial charge in [-0.15, -0.1) is 0 Å². The van der Waals surface area contributed by atoms with E-state index in [4.69, 9.17) is 27.4 Å². The Hall–Kier alpha value is -2.49. The van der Waals surface area contributed by atoms with Crippen molar-refractivity contribution < 1.29 is 17.7 Å². The second-order valence-electron chi connectivity index (χ2n) is 7.60. The first-order valence-corrected chi connectivity index (χ1v) is 11.8. The van der Waals surface area contributed by atoms with Crippen LogP contribution < -0.4 is 10.2 Å². The number of aromatic nitrogens is 1. The normalized spacial score (nSPS) is 11.9. The highest BCUT2D eigenvalue weighted by Gasteiger charge is 2.16. The van der Waals surface area contributed by atoms with E-state index in [2.05, 4.69) is 10.3 Å². The number of hydrogen-bond donors (Lipinski definition) is 1. The largest absolute Gasteiger partial charge is 0.750 e. The number of halogens is 2. The van der Waals surface area contributed by atoms with Gasteiger partial charge in [-0.1, -0.05) is 43.1 Å². The lowest BCUT2D eigenvalue weighted by Crippen LogP contribution is -2.30. The van der Waals surface area contributed by atoms with E-state index in [-0.39, 0.29) is 23.2 Å². The van der Waals surface area contributed by atoms with Gasteiger partial charge in [0, 0.05) is 29.7 Å². The Morgan fingerprint density at radius 3 is 2.58 bits per heavy atom. The summed E-state index contributed by atoms with van der Waals surface area (Å²) in [5.74, 6) is -0.151. The average molecular weight is 507 g/mol. The van der Waals surface area contributed by atoms with Gasteiger partial charge in [0.25, 0.3) is 5.91 Å². The number of rotatable bonds is 9. The van der Waals surface area contributed by atoms with E-state index in [1.54, 1.807) is 47.5 Å². The highest BCUT2D eigenvalue weighted by Crippen LogP contribution is 2.30. The molecule has 1 N–H and O–H groups in total. The summed E-state index contributed by atoms with van der Waals surface area (Å²) in [6.45, 7) is 4.38. The Morgan fingerprint density at radius 1 is 1.15 bits per heavy atom. The molecule has 0 aliphatic rings. The lowest BCUT2D eigenvalue weighted by molar-refractivity contribution is 0.102. The first kappa shape index (κ1) is 25.1. The molecule has 0 saturated heterocycles. The predicted octanol–water partition coefficient (Wildman–Crippen LogP) is 5.54. The van der Waals surface area contributed by atoms with Crippen LogP contribution in [0, 0.1) is 5.92 Å². The van der Waals surface area contributed by atoms with E-state index < -0.39 is 17.3 Å². The standard InChI is InChI=1S/C23H23Cl2N3O4S/c1-15(2)13-28(14-32-33(30)31)17-7-8-18(21(25)12-17)23(29)27-16-6-9-20(24)19(11-16)22-5-3-4-10-26-22/h3-12,15H,13-14H2,1-2H3,(H,27,29)(H,30,31)/p-1. The maximum Gasteiger partial charge on any atom is 0.257 e. The lowest BCUT2D eigenvalue weighted by Gasteiger charge is -2.27. The zero-order chi connectivity index (χ0) is 24.0. The number of pyridine rings is 1. The molecule has 0 aliphatic carbocycles. The highest BCUT2D eigenvalue weighted by molar-refractivity contribution is 7.74. The second kappa shape index (κ2) is 11.6. The number of hydrogen-bond acceptors (Lipinski definition) is 6. The van der Waals surface area contributed by atoms with Crippen LogP contribution in [0.5, 0.6) is 0 Å². The van der Waals surface area contributed by atoms with Gasteiger partial charge in [-0.2, -0.15) is 0 Å². The molecule has 10 heteroatoms. The molecule has 0 saturated carbocycles. The Labute approximate surface area is 205 Å². The van der Waals surface area contributed by atoms with Crippen molar-refractivity contribution in [2.45, 2.75) is 13.8 Å². The monoisotopic (exact) mass is 506 g/mol. The molecule has 1 atom stereocenters. The van der Waals surface area contributed by atoms with Crippen LogP contribution in [-0.4, -0.2) is 32.9 Å². The zero-order valence-corrected chi connectivity index (χ0v) is 20.3. The van der Waals surface area contributed by atoms with Gasteiger partial charge in [-0.05, 0) is 54.4 Å². The first-order chi connectivity index (χ1) is 15.7. The van der Waals surface area contributed by atoms with E-state index in [1.807, 2.05) is 32.0 Å². The van der Waals surface area contributed by atoms with Gasteiger partial charge in [-0.25, -0.2) is 4.21 Å². The molecule has 174 valence electrons. The number of nitrogens with zero attached hydrogens (tertiary/aromatic N) is 2. The van der Waals surface area contributed by atoms with Crippen LogP contribution in [0.25, 0.3) is 11.3 Å². The SMILES string of the molecule is CC(C)CN(COS(=O)[O-])c1ccc(C(=O)Nc2ccc(Cl)c(-c3ccccn3)c2)c(Cl)c1. The second-order valence-corrected chi connectivity index (χ2v) is 9.05. The molecule has 7 nitrogen and oxygen atoms in total. The molecule has 33 heavy (non-hydrogen) atoms. The van der Waals surface area contributed by atoms with Gasteiger partial charge >= 0.3 is 0 Å². The fourth-order valence-corrected chi connectivity index (χ4v) is 3.87. The van der Waals surface area contributed by atoms with Gasteiger partial charge < -0.3 is 14.8 Å². The van der Waals surface area contributed by atoms with Crippen molar-refractivity contribution in [1.82, 2.24) is 4.98 Å². The molecule has 0 bridgehead atoms. The minimum atomic E-state index is -2.63. The van der Waals surface area contributed by atoms with E-state index in [0.717, 1.165) is 0 Å². The third-order valence-electron chi connectivity index (χ3n) is 4.62. The molecule has 0 spiro atoms. The molecule has 1 aromatic heterocycles. The maximum atomic E-state index is 12.9. The molecule has 3 rings (SSSR count). The summed E-state index contributed by atoms with van der Waals surface area (Å²) in [6, 6.07) is 15.5. The molecule has 2 aromatic carbocycles. The summed E-state index contributed by atoms with van der Waals surface area (Å²) in [4.78, 5) is 18.9. The van der Waals surface area contributed by atoms with Gasteiger partial charge in [0.15, 0.2) is 0 Å². The molecule has 0 aliphatic heterocycles. The van der Waals surface area contributed by atoms with Gasteiger partial charge in [0.05, 0.1) is 32.7 Å². The van der Waals surface area contributed by atoms with E-state index >= 15 is 0 Å².